The molecule has 78 valence electrons. The quantitative estimate of drug-likeness (QED) is 0.664. The molecule has 1 atom stereocenters. The van der Waals surface area contributed by atoms with E-state index < -0.39 is 0 Å². The van der Waals surface area contributed by atoms with Crippen LogP contribution in [0.3, 0.4) is 0 Å². The van der Waals surface area contributed by atoms with E-state index in [9.17, 15) is 0 Å². The van der Waals surface area contributed by atoms with Crippen LogP contribution < -0.4 is 0 Å². The summed E-state index contributed by atoms with van der Waals surface area (Å²) in [6, 6.07) is 6.19. The van der Waals surface area contributed by atoms with Gasteiger partial charge in [-0.3, -0.25) is 0 Å². The Kier molecular flexibility index (Phi) is 4.77. The number of benzene rings is 1. The van der Waals surface area contributed by atoms with Crippen molar-refractivity contribution < 1.29 is 0 Å². The minimum Gasteiger partial charge on any atom is -0.123 e. The minimum absolute atomic E-state index is 0.271. The van der Waals surface area contributed by atoms with Crippen LogP contribution in [0, 0.1) is 6.92 Å². The van der Waals surface area contributed by atoms with Crippen molar-refractivity contribution in [3.63, 3.8) is 0 Å². The van der Waals surface area contributed by atoms with Crippen molar-refractivity contribution in [2.75, 3.05) is 0 Å². The molecule has 1 unspecified atom stereocenters. The molecule has 1 aromatic carbocycles. The van der Waals surface area contributed by atoms with Gasteiger partial charge in [-0.15, -0.1) is 11.6 Å². The molecule has 1 rings (SSSR count). The summed E-state index contributed by atoms with van der Waals surface area (Å²) in [5.41, 5.74) is 2.41. The second kappa shape index (κ2) is 5.63. The molecule has 0 amide bonds. The van der Waals surface area contributed by atoms with Crippen LogP contribution >= 0.6 is 23.2 Å². The van der Waals surface area contributed by atoms with Crippen LogP contribution in [0.2, 0.25) is 5.02 Å². The first-order chi connectivity index (χ1) is 6.63. The molecule has 0 saturated carbocycles. The fraction of sp³-hybridized carbons (Fsp3) is 0.500. The van der Waals surface area contributed by atoms with Crippen molar-refractivity contribution in [1.29, 1.82) is 0 Å². The summed E-state index contributed by atoms with van der Waals surface area (Å²) in [7, 11) is 0. The number of halogens is 2. The average Bonchev–Trinajstić information content (AvgIpc) is 2.16. The molecular formula is C12H16Cl2. The van der Waals surface area contributed by atoms with Gasteiger partial charge in [0.05, 0.1) is 0 Å². The van der Waals surface area contributed by atoms with Crippen molar-refractivity contribution in [3.05, 3.63) is 34.3 Å². The third-order valence-corrected chi connectivity index (χ3v) is 3.26. The zero-order chi connectivity index (χ0) is 10.6. The van der Waals surface area contributed by atoms with E-state index in [1.54, 1.807) is 0 Å². The third kappa shape index (κ3) is 3.51. The number of hydrogen-bond donors (Lipinski definition) is 0. The van der Waals surface area contributed by atoms with E-state index in [2.05, 4.69) is 19.1 Å². The molecule has 0 aliphatic carbocycles. The highest BCUT2D eigenvalue weighted by molar-refractivity contribution is 6.31. The topological polar surface area (TPSA) is 0 Å². The highest BCUT2D eigenvalue weighted by atomic mass is 35.5. The van der Waals surface area contributed by atoms with Crippen molar-refractivity contribution in [2.45, 2.75) is 38.5 Å². The van der Waals surface area contributed by atoms with E-state index in [0.29, 0.717) is 0 Å². The van der Waals surface area contributed by atoms with Gasteiger partial charge in [0.25, 0.3) is 0 Å². The fourth-order valence-corrected chi connectivity index (χ4v) is 1.81. The predicted molar refractivity (Wildman–Crippen MR) is 64.4 cm³/mol. The maximum Gasteiger partial charge on any atom is 0.0440 e. The van der Waals surface area contributed by atoms with Crippen LogP contribution in [0.4, 0.5) is 0 Å². The molecule has 0 aliphatic rings. The second-order valence-corrected chi connectivity index (χ2v) is 4.66. The second-order valence-electron chi connectivity index (χ2n) is 3.64. The molecule has 0 aromatic heterocycles. The smallest absolute Gasteiger partial charge is 0.0440 e. The van der Waals surface area contributed by atoms with Crippen LogP contribution in [0.1, 0.15) is 30.9 Å². The van der Waals surface area contributed by atoms with Gasteiger partial charge in [-0.05, 0) is 43.4 Å². The first-order valence-electron chi connectivity index (χ1n) is 5.02. The molecular weight excluding hydrogens is 215 g/mol. The Morgan fingerprint density at radius 3 is 2.64 bits per heavy atom. The number of rotatable bonds is 4. The summed E-state index contributed by atoms with van der Waals surface area (Å²) in [4.78, 5) is 0. The van der Waals surface area contributed by atoms with Crippen LogP contribution in [0.25, 0.3) is 0 Å². The molecule has 0 nitrogen and oxygen atoms in total. The maximum absolute atomic E-state index is 6.11. The molecule has 0 spiro atoms. The molecule has 0 aliphatic heterocycles. The first-order valence-corrected chi connectivity index (χ1v) is 5.84. The zero-order valence-electron chi connectivity index (χ0n) is 8.69. The molecule has 0 saturated heterocycles. The summed E-state index contributed by atoms with van der Waals surface area (Å²) in [5, 5.41) is 1.14. The van der Waals surface area contributed by atoms with Crippen LogP contribution in [0.15, 0.2) is 18.2 Å². The lowest BCUT2D eigenvalue weighted by Crippen LogP contribution is -1.99. The van der Waals surface area contributed by atoms with E-state index in [1.807, 2.05) is 13.0 Å². The Morgan fingerprint density at radius 2 is 2.07 bits per heavy atom. The lowest BCUT2D eigenvalue weighted by Gasteiger charge is -2.08. The van der Waals surface area contributed by atoms with E-state index in [-0.39, 0.29) is 5.38 Å². The molecule has 0 fully saturated rings. The minimum atomic E-state index is 0.271. The Balaban J connectivity index is 2.59. The Hall–Kier alpha value is -0.200. The Labute approximate surface area is 96.2 Å². The van der Waals surface area contributed by atoms with Crippen LogP contribution in [0.5, 0.6) is 0 Å². The Bertz CT molecular complexity index is 294. The number of alkyl halides is 1. The highest BCUT2D eigenvalue weighted by Gasteiger charge is 2.04. The SMILES string of the molecule is CCC(Cl)CCc1ccc(C)cc1Cl. The molecule has 0 N–H and O–H groups in total. The highest BCUT2D eigenvalue weighted by Crippen LogP contribution is 2.21. The lowest BCUT2D eigenvalue weighted by atomic mass is 10.1. The summed E-state index contributed by atoms with van der Waals surface area (Å²) < 4.78 is 0. The predicted octanol–water partition coefficient (Wildman–Crippen LogP) is 4.60. The van der Waals surface area contributed by atoms with E-state index in [1.165, 1.54) is 11.1 Å². The van der Waals surface area contributed by atoms with Gasteiger partial charge in [0.1, 0.15) is 0 Å². The molecule has 0 radical (unpaired) electrons. The van der Waals surface area contributed by atoms with Gasteiger partial charge in [-0.25, -0.2) is 0 Å². The van der Waals surface area contributed by atoms with Crippen molar-refractivity contribution >= 4 is 23.2 Å². The van der Waals surface area contributed by atoms with Gasteiger partial charge >= 0.3 is 0 Å². The van der Waals surface area contributed by atoms with Crippen molar-refractivity contribution in [2.24, 2.45) is 0 Å². The summed E-state index contributed by atoms with van der Waals surface area (Å²) >= 11 is 12.2. The third-order valence-electron chi connectivity index (χ3n) is 2.38. The van der Waals surface area contributed by atoms with Gasteiger partial charge in [0, 0.05) is 10.4 Å². The van der Waals surface area contributed by atoms with Gasteiger partial charge in [-0.2, -0.15) is 0 Å². The Morgan fingerprint density at radius 1 is 1.36 bits per heavy atom. The maximum atomic E-state index is 6.11. The molecule has 14 heavy (non-hydrogen) atoms. The number of hydrogen-bond acceptors (Lipinski definition) is 0. The monoisotopic (exact) mass is 230 g/mol. The zero-order valence-corrected chi connectivity index (χ0v) is 10.2. The molecule has 1 aromatic rings. The van der Waals surface area contributed by atoms with Crippen LogP contribution in [-0.2, 0) is 6.42 Å². The van der Waals surface area contributed by atoms with E-state index >= 15 is 0 Å². The first kappa shape index (κ1) is 11.9. The number of aryl methyl sites for hydroxylation is 2. The van der Waals surface area contributed by atoms with Crippen molar-refractivity contribution in [3.8, 4) is 0 Å². The van der Waals surface area contributed by atoms with Crippen LogP contribution in [-0.4, -0.2) is 5.38 Å². The largest absolute Gasteiger partial charge is 0.123 e. The molecule has 0 bridgehead atoms. The standard InChI is InChI=1S/C12H16Cl2/c1-3-11(13)7-6-10-5-4-9(2)8-12(10)14/h4-5,8,11H,3,6-7H2,1-2H3. The fourth-order valence-electron chi connectivity index (χ4n) is 1.37. The molecule has 0 heterocycles. The summed E-state index contributed by atoms with van der Waals surface area (Å²) in [6.45, 7) is 4.15. The van der Waals surface area contributed by atoms with Gasteiger partial charge in [-0.1, -0.05) is 30.7 Å². The van der Waals surface area contributed by atoms with Gasteiger partial charge in [0.2, 0.25) is 0 Å². The summed E-state index contributed by atoms with van der Waals surface area (Å²) in [5.74, 6) is 0. The van der Waals surface area contributed by atoms with E-state index in [4.69, 9.17) is 23.2 Å². The van der Waals surface area contributed by atoms with Crippen molar-refractivity contribution in [1.82, 2.24) is 0 Å². The van der Waals surface area contributed by atoms with Gasteiger partial charge < -0.3 is 0 Å². The van der Waals surface area contributed by atoms with Gasteiger partial charge in [0.15, 0.2) is 0 Å². The normalized spacial score (nSPS) is 12.9. The molecule has 2 heteroatoms. The summed E-state index contributed by atoms with van der Waals surface area (Å²) in [6.07, 6.45) is 2.99. The average molecular weight is 231 g/mol. The lowest BCUT2D eigenvalue weighted by molar-refractivity contribution is 0.727. The van der Waals surface area contributed by atoms with E-state index in [0.717, 1.165) is 24.3 Å².